The molecular formula is C17H21N3O. The largest absolute Gasteiger partial charge is 0.352 e. The van der Waals surface area contributed by atoms with Crippen LogP contribution in [0.4, 0.5) is 5.69 Å². The van der Waals surface area contributed by atoms with Crippen molar-refractivity contribution in [1.29, 1.82) is 0 Å². The standard InChI is InChI=1S/C17H21N3O/c1-13-12-15(9-10-16(13)20-18)17(21)19-11-5-8-14-6-3-2-4-7-14/h2-4,6-7,9-10,12,20H,5,8,11,18H2,1H3,(H,19,21). The lowest BCUT2D eigenvalue weighted by Gasteiger charge is -2.09. The van der Waals surface area contributed by atoms with E-state index < -0.39 is 0 Å². The Morgan fingerprint density at radius 3 is 2.57 bits per heavy atom. The highest BCUT2D eigenvalue weighted by molar-refractivity contribution is 5.94. The van der Waals surface area contributed by atoms with Gasteiger partial charge in [-0.2, -0.15) is 0 Å². The number of nitrogen functional groups attached to an aromatic ring is 1. The molecular weight excluding hydrogens is 262 g/mol. The summed E-state index contributed by atoms with van der Waals surface area (Å²) in [5, 5.41) is 2.94. The van der Waals surface area contributed by atoms with Gasteiger partial charge in [-0.15, -0.1) is 0 Å². The van der Waals surface area contributed by atoms with Crippen molar-refractivity contribution in [3.8, 4) is 0 Å². The van der Waals surface area contributed by atoms with E-state index in [0.717, 1.165) is 24.1 Å². The first-order valence-electron chi connectivity index (χ1n) is 7.10. The average molecular weight is 283 g/mol. The van der Waals surface area contributed by atoms with Gasteiger partial charge in [-0.25, -0.2) is 0 Å². The van der Waals surface area contributed by atoms with E-state index in [1.54, 1.807) is 6.07 Å². The number of rotatable bonds is 6. The van der Waals surface area contributed by atoms with Crippen LogP contribution < -0.4 is 16.6 Å². The highest BCUT2D eigenvalue weighted by Crippen LogP contribution is 2.15. The Kier molecular flexibility index (Phi) is 5.35. The van der Waals surface area contributed by atoms with Crippen LogP contribution in [0.2, 0.25) is 0 Å². The number of hydrogen-bond acceptors (Lipinski definition) is 3. The van der Waals surface area contributed by atoms with Crippen molar-refractivity contribution in [2.75, 3.05) is 12.0 Å². The SMILES string of the molecule is Cc1cc(C(=O)NCCCc2ccccc2)ccc1NN. The third kappa shape index (κ3) is 4.33. The zero-order chi connectivity index (χ0) is 15.1. The normalized spacial score (nSPS) is 10.2. The molecule has 0 saturated heterocycles. The monoisotopic (exact) mass is 283 g/mol. The van der Waals surface area contributed by atoms with Crippen molar-refractivity contribution in [2.24, 2.45) is 5.84 Å². The van der Waals surface area contributed by atoms with Gasteiger partial charge in [0.25, 0.3) is 5.91 Å². The van der Waals surface area contributed by atoms with Gasteiger partial charge in [-0.05, 0) is 49.1 Å². The van der Waals surface area contributed by atoms with Crippen LogP contribution in [0.3, 0.4) is 0 Å². The van der Waals surface area contributed by atoms with E-state index in [0.29, 0.717) is 12.1 Å². The molecule has 0 bridgehead atoms. The molecule has 0 fully saturated rings. The molecule has 4 heteroatoms. The molecule has 0 aliphatic rings. The van der Waals surface area contributed by atoms with Gasteiger partial charge in [-0.1, -0.05) is 30.3 Å². The Morgan fingerprint density at radius 1 is 1.14 bits per heavy atom. The lowest BCUT2D eigenvalue weighted by molar-refractivity contribution is 0.0953. The molecule has 0 aromatic heterocycles. The molecule has 4 nitrogen and oxygen atoms in total. The maximum Gasteiger partial charge on any atom is 0.251 e. The first-order chi connectivity index (χ1) is 10.2. The summed E-state index contributed by atoms with van der Waals surface area (Å²) in [5.74, 6) is 5.33. The van der Waals surface area contributed by atoms with Gasteiger partial charge in [0, 0.05) is 12.1 Å². The molecule has 0 saturated carbocycles. The summed E-state index contributed by atoms with van der Waals surface area (Å²) in [6.07, 6.45) is 1.90. The minimum Gasteiger partial charge on any atom is -0.352 e. The topological polar surface area (TPSA) is 67.2 Å². The number of aryl methyl sites for hydroxylation is 2. The predicted octanol–water partition coefficient (Wildman–Crippen LogP) is 2.64. The molecule has 0 heterocycles. The first kappa shape index (κ1) is 15.1. The molecule has 0 radical (unpaired) electrons. The summed E-state index contributed by atoms with van der Waals surface area (Å²) in [4.78, 5) is 12.0. The molecule has 21 heavy (non-hydrogen) atoms. The van der Waals surface area contributed by atoms with Crippen LogP contribution >= 0.6 is 0 Å². The van der Waals surface area contributed by atoms with Crippen molar-refractivity contribution in [2.45, 2.75) is 19.8 Å². The van der Waals surface area contributed by atoms with Crippen LogP contribution in [0.5, 0.6) is 0 Å². The van der Waals surface area contributed by atoms with E-state index in [1.165, 1.54) is 5.56 Å². The molecule has 0 aliphatic heterocycles. The second-order valence-corrected chi connectivity index (χ2v) is 5.02. The van der Waals surface area contributed by atoms with E-state index in [2.05, 4.69) is 22.9 Å². The summed E-state index contributed by atoms with van der Waals surface area (Å²) in [7, 11) is 0. The average Bonchev–Trinajstić information content (AvgIpc) is 2.52. The maximum absolute atomic E-state index is 12.0. The highest BCUT2D eigenvalue weighted by Gasteiger charge is 2.06. The second kappa shape index (κ2) is 7.45. The Balaban J connectivity index is 1.80. The minimum atomic E-state index is -0.0465. The second-order valence-electron chi connectivity index (χ2n) is 5.02. The molecule has 2 aromatic rings. The molecule has 0 spiro atoms. The van der Waals surface area contributed by atoms with Crippen LogP contribution in [0.15, 0.2) is 48.5 Å². The van der Waals surface area contributed by atoms with Gasteiger partial charge in [0.15, 0.2) is 0 Å². The van der Waals surface area contributed by atoms with E-state index in [9.17, 15) is 4.79 Å². The number of hydrazine groups is 1. The number of carbonyl (C=O) groups is 1. The molecule has 0 atom stereocenters. The van der Waals surface area contributed by atoms with Crippen LogP contribution in [0, 0.1) is 6.92 Å². The van der Waals surface area contributed by atoms with E-state index in [1.807, 2.05) is 37.3 Å². The zero-order valence-corrected chi connectivity index (χ0v) is 12.2. The van der Waals surface area contributed by atoms with Crippen molar-refractivity contribution in [1.82, 2.24) is 5.32 Å². The first-order valence-corrected chi connectivity index (χ1v) is 7.10. The summed E-state index contributed by atoms with van der Waals surface area (Å²) < 4.78 is 0. The number of carbonyl (C=O) groups excluding carboxylic acids is 1. The van der Waals surface area contributed by atoms with Crippen molar-refractivity contribution in [3.63, 3.8) is 0 Å². The Labute approximate surface area is 125 Å². The number of hydrogen-bond donors (Lipinski definition) is 3. The smallest absolute Gasteiger partial charge is 0.251 e. The van der Waals surface area contributed by atoms with Crippen LogP contribution in [-0.4, -0.2) is 12.5 Å². The van der Waals surface area contributed by atoms with Gasteiger partial charge in [0.1, 0.15) is 0 Å². The summed E-state index contributed by atoms with van der Waals surface area (Å²) in [5.41, 5.74) is 6.33. The predicted molar refractivity (Wildman–Crippen MR) is 86.1 cm³/mol. The Hall–Kier alpha value is -2.33. The lowest BCUT2D eigenvalue weighted by atomic mass is 10.1. The number of anilines is 1. The number of nitrogens with two attached hydrogens (primary N) is 1. The van der Waals surface area contributed by atoms with E-state index >= 15 is 0 Å². The molecule has 2 aromatic carbocycles. The third-order valence-corrected chi connectivity index (χ3v) is 3.41. The Morgan fingerprint density at radius 2 is 1.90 bits per heavy atom. The molecule has 0 aliphatic carbocycles. The van der Waals surface area contributed by atoms with Crippen molar-refractivity contribution in [3.05, 3.63) is 65.2 Å². The third-order valence-electron chi connectivity index (χ3n) is 3.41. The minimum absolute atomic E-state index is 0.0465. The van der Waals surface area contributed by atoms with E-state index in [-0.39, 0.29) is 5.91 Å². The highest BCUT2D eigenvalue weighted by atomic mass is 16.1. The number of benzene rings is 2. The summed E-state index contributed by atoms with van der Waals surface area (Å²) in [6.45, 7) is 2.59. The molecule has 4 N–H and O–H groups in total. The lowest BCUT2D eigenvalue weighted by Crippen LogP contribution is -2.25. The molecule has 1 amide bonds. The molecule has 0 unspecified atom stereocenters. The molecule has 2 rings (SSSR count). The van der Waals surface area contributed by atoms with Crippen LogP contribution in [0.25, 0.3) is 0 Å². The van der Waals surface area contributed by atoms with Gasteiger partial charge >= 0.3 is 0 Å². The van der Waals surface area contributed by atoms with Crippen molar-refractivity contribution >= 4 is 11.6 Å². The fourth-order valence-electron chi connectivity index (χ4n) is 2.21. The maximum atomic E-state index is 12.0. The number of amides is 1. The van der Waals surface area contributed by atoms with Gasteiger partial charge < -0.3 is 10.7 Å². The molecule has 110 valence electrons. The van der Waals surface area contributed by atoms with Crippen molar-refractivity contribution < 1.29 is 4.79 Å². The van der Waals surface area contributed by atoms with Crippen LogP contribution in [0.1, 0.15) is 27.9 Å². The van der Waals surface area contributed by atoms with Gasteiger partial charge in [0.2, 0.25) is 0 Å². The Bertz CT molecular complexity index is 596. The fourth-order valence-corrected chi connectivity index (χ4v) is 2.21. The van der Waals surface area contributed by atoms with Gasteiger partial charge in [0.05, 0.1) is 5.69 Å². The summed E-state index contributed by atoms with van der Waals surface area (Å²) >= 11 is 0. The number of nitrogens with one attached hydrogen (secondary N) is 2. The zero-order valence-electron chi connectivity index (χ0n) is 12.2. The van der Waals surface area contributed by atoms with Crippen LogP contribution in [-0.2, 0) is 6.42 Å². The fraction of sp³-hybridized carbons (Fsp3) is 0.235. The van der Waals surface area contributed by atoms with Gasteiger partial charge in [-0.3, -0.25) is 10.6 Å². The summed E-state index contributed by atoms with van der Waals surface area (Å²) in [6, 6.07) is 15.7. The quantitative estimate of drug-likeness (QED) is 0.434. The van der Waals surface area contributed by atoms with E-state index in [4.69, 9.17) is 5.84 Å².